The van der Waals surface area contributed by atoms with E-state index in [-0.39, 0.29) is 11.1 Å². The van der Waals surface area contributed by atoms with Crippen LogP contribution in [0.5, 0.6) is 0 Å². The number of nitrogens with zero attached hydrogens (tertiary/aromatic N) is 4. The lowest BCUT2D eigenvalue weighted by Crippen LogP contribution is -2.45. The number of aryl methyl sites for hydroxylation is 1. The summed E-state index contributed by atoms with van der Waals surface area (Å²) in [4.78, 5) is 43.1. The molecule has 3 rings (SSSR count). The number of carbonyl (C=O) groups is 2. The molecule has 2 aromatic rings. The van der Waals surface area contributed by atoms with Gasteiger partial charge in [0.05, 0.1) is 0 Å². The van der Waals surface area contributed by atoms with E-state index in [0.717, 1.165) is 6.41 Å². The van der Waals surface area contributed by atoms with Crippen LogP contribution in [-0.4, -0.2) is 58.1 Å². The molecule has 1 aliphatic heterocycles. The third kappa shape index (κ3) is 2.67. The van der Waals surface area contributed by atoms with E-state index in [1.54, 1.807) is 9.47 Å². The predicted molar refractivity (Wildman–Crippen MR) is 86.4 cm³/mol. The Morgan fingerprint density at radius 3 is 2.65 bits per heavy atom. The van der Waals surface area contributed by atoms with Crippen molar-refractivity contribution in [2.24, 2.45) is 0 Å². The number of anilines is 1. The molecule has 0 saturated carbocycles. The minimum absolute atomic E-state index is 0.199. The summed E-state index contributed by atoms with van der Waals surface area (Å²) in [5, 5.41) is 9.86. The number of piperazine rings is 1. The van der Waals surface area contributed by atoms with Gasteiger partial charge in [-0.2, -0.15) is 0 Å². The highest BCUT2D eigenvalue weighted by molar-refractivity contribution is 7.21. The normalized spacial score (nSPS) is 15.2. The maximum Gasteiger partial charge on any atom is 0.341 e. The van der Waals surface area contributed by atoms with Crippen LogP contribution in [0.4, 0.5) is 5.13 Å². The lowest BCUT2D eigenvalue weighted by molar-refractivity contribution is -0.118. The van der Waals surface area contributed by atoms with E-state index in [1.807, 2.05) is 11.8 Å². The van der Waals surface area contributed by atoms with Gasteiger partial charge in [-0.3, -0.25) is 9.59 Å². The fourth-order valence-corrected chi connectivity index (χ4v) is 3.74. The van der Waals surface area contributed by atoms with Crippen molar-refractivity contribution >= 4 is 39.2 Å². The maximum atomic E-state index is 12.3. The van der Waals surface area contributed by atoms with Gasteiger partial charge in [-0.25, -0.2) is 9.78 Å². The summed E-state index contributed by atoms with van der Waals surface area (Å²) in [5.74, 6) is -1.24. The van der Waals surface area contributed by atoms with Crippen LogP contribution in [-0.2, 0) is 11.3 Å². The van der Waals surface area contributed by atoms with Crippen LogP contribution < -0.4 is 10.3 Å². The number of amides is 1. The molecule has 0 atom stereocenters. The average Bonchev–Trinajstić information content (AvgIpc) is 3.01. The molecule has 0 radical (unpaired) electrons. The first-order valence-electron chi connectivity index (χ1n) is 7.26. The van der Waals surface area contributed by atoms with Crippen LogP contribution >= 0.6 is 11.3 Å². The Balaban J connectivity index is 2.05. The second-order valence-corrected chi connectivity index (χ2v) is 6.20. The number of carboxylic acids is 1. The highest BCUT2D eigenvalue weighted by Gasteiger charge is 2.22. The Kier molecular flexibility index (Phi) is 4.03. The second-order valence-electron chi connectivity index (χ2n) is 5.24. The molecule has 0 unspecified atom stereocenters. The van der Waals surface area contributed by atoms with Crippen molar-refractivity contribution in [1.82, 2.24) is 14.5 Å². The third-order valence-corrected chi connectivity index (χ3v) is 5.06. The smallest absolute Gasteiger partial charge is 0.341 e. The Morgan fingerprint density at radius 1 is 1.39 bits per heavy atom. The van der Waals surface area contributed by atoms with Crippen molar-refractivity contribution in [3.8, 4) is 0 Å². The minimum atomic E-state index is -1.24. The van der Waals surface area contributed by atoms with E-state index in [4.69, 9.17) is 0 Å². The fraction of sp³-hybridized carbons (Fsp3) is 0.429. The molecule has 9 heteroatoms. The topological polar surface area (TPSA) is 95.7 Å². The van der Waals surface area contributed by atoms with Gasteiger partial charge >= 0.3 is 5.97 Å². The molecule has 23 heavy (non-hydrogen) atoms. The van der Waals surface area contributed by atoms with Gasteiger partial charge in [-0.1, -0.05) is 11.3 Å². The van der Waals surface area contributed by atoms with Crippen LogP contribution in [0.3, 0.4) is 0 Å². The molecule has 0 bridgehead atoms. The van der Waals surface area contributed by atoms with Gasteiger partial charge < -0.3 is 19.5 Å². The number of thiazole rings is 1. The summed E-state index contributed by atoms with van der Waals surface area (Å²) in [6.07, 6.45) is 2.20. The maximum absolute atomic E-state index is 12.3. The van der Waals surface area contributed by atoms with Crippen molar-refractivity contribution < 1.29 is 14.7 Å². The molecule has 1 aliphatic rings. The van der Waals surface area contributed by atoms with Gasteiger partial charge in [0.15, 0.2) is 5.13 Å². The lowest BCUT2D eigenvalue weighted by atomic mass is 10.2. The van der Waals surface area contributed by atoms with E-state index in [0.29, 0.717) is 42.7 Å². The van der Waals surface area contributed by atoms with E-state index in [2.05, 4.69) is 4.98 Å². The Bertz CT molecular complexity index is 820. The Morgan fingerprint density at radius 2 is 2.09 bits per heavy atom. The Labute approximate surface area is 135 Å². The molecule has 3 heterocycles. The van der Waals surface area contributed by atoms with Gasteiger partial charge in [0, 0.05) is 38.9 Å². The SMILES string of the molecule is CCn1cc(C(=O)O)c(=O)c2nc(N3CCN(C=O)CC3)sc21. The number of fused-ring (bicyclic) bond motifs is 1. The first kappa shape index (κ1) is 15.5. The van der Waals surface area contributed by atoms with Gasteiger partial charge in [0.2, 0.25) is 11.8 Å². The molecule has 1 fully saturated rings. The molecule has 2 aromatic heterocycles. The van der Waals surface area contributed by atoms with Crippen LogP contribution in [0.2, 0.25) is 0 Å². The summed E-state index contributed by atoms with van der Waals surface area (Å²) in [5.41, 5.74) is -0.613. The monoisotopic (exact) mass is 336 g/mol. The van der Waals surface area contributed by atoms with Crippen LogP contribution in [0.1, 0.15) is 17.3 Å². The highest BCUT2D eigenvalue weighted by Crippen LogP contribution is 2.28. The lowest BCUT2D eigenvalue weighted by Gasteiger charge is -2.32. The van der Waals surface area contributed by atoms with Crippen LogP contribution in [0, 0.1) is 0 Å². The summed E-state index contributed by atoms with van der Waals surface area (Å²) in [6.45, 7) is 4.94. The van der Waals surface area contributed by atoms with Gasteiger partial charge in [0.1, 0.15) is 15.9 Å². The molecule has 0 aliphatic carbocycles. The second kappa shape index (κ2) is 5.99. The fourth-order valence-electron chi connectivity index (χ4n) is 2.59. The largest absolute Gasteiger partial charge is 0.477 e. The van der Waals surface area contributed by atoms with E-state index < -0.39 is 11.4 Å². The molecule has 8 nitrogen and oxygen atoms in total. The molecule has 1 saturated heterocycles. The van der Waals surface area contributed by atoms with Gasteiger partial charge in [-0.05, 0) is 6.92 Å². The zero-order chi connectivity index (χ0) is 16.6. The van der Waals surface area contributed by atoms with Crippen molar-refractivity contribution in [1.29, 1.82) is 0 Å². The van der Waals surface area contributed by atoms with E-state index in [1.165, 1.54) is 17.5 Å². The number of carboxylic acid groups (broad SMARTS) is 1. The van der Waals surface area contributed by atoms with Crippen molar-refractivity contribution in [3.05, 3.63) is 22.0 Å². The first-order valence-corrected chi connectivity index (χ1v) is 8.08. The van der Waals surface area contributed by atoms with Crippen molar-refractivity contribution in [2.45, 2.75) is 13.5 Å². The van der Waals surface area contributed by atoms with Crippen LogP contribution in [0.15, 0.2) is 11.0 Å². The van der Waals surface area contributed by atoms with Crippen LogP contribution in [0.25, 0.3) is 10.3 Å². The number of aromatic nitrogens is 2. The number of carbonyl (C=O) groups excluding carboxylic acids is 1. The predicted octanol–water partition coefficient (Wildman–Crippen LogP) is 0.455. The number of hydrogen-bond acceptors (Lipinski definition) is 6. The van der Waals surface area contributed by atoms with E-state index >= 15 is 0 Å². The number of aromatic carboxylic acids is 1. The zero-order valence-corrected chi connectivity index (χ0v) is 13.4. The third-order valence-electron chi connectivity index (χ3n) is 3.91. The number of hydrogen-bond donors (Lipinski definition) is 1. The quantitative estimate of drug-likeness (QED) is 0.815. The molecule has 0 spiro atoms. The van der Waals surface area contributed by atoms with Crippen molar-refractivity contribution in [3.63, 3.8) is 0 Å². The summed E-state index contributed by atoms with van der Waals surface area (Å²) in [6, 6.07) is 0. The molecule has 1 N–H and O–H groups in total. The molecular formula is C14H16N4O4S. The summed E-state index contributed by atoms with van der Waals surface area (Å²) < 4.78 is 1.74. The molecular weight excluding hydrogens is 320 g/mol. The minimum Gasteiger partial charge on any atom is -0.477 e. The van der Waals surface area contributed by atoms with E-state index in [9.17, 15) is 19.5 Å². The van der Waals surface area contributed by atoms with Gasteiger partial charge in [0.25, 0.3) is 0 Å². The average molecular weight is 336 g/mol. The first-order chi connectivity index (χ1) is 11.0. The number of rotatable bonds is 4. The molecule has 122 valence electrons. The van der Waals surface area contributed by atoms with Crippen molar-refractivity contribution in [2.75, 3.05) is 31.1 Å². The standard InChI is InChI=1S/C14H16N4O4S/c1-2-17-7-9(13(21)22)11(20)10-12(17)23-14(15-10)18-5-3-16(8-19)4-6-18/h7-8H,2-6H2,1H3,(H,21,22). The Hall–Kier alpha value is -2.42. The van der Waals surface area contributed by atoms with Gasteiger partial charge in [-0.15, -0.1) is 0 Å². The highest BCUT2D eigenvalue weighted by atomic mass is 32.1. The summed E-state index contributed by atoms with van der Waals surface area (Å²) >= 11 is 1.38. The zero-order valence-electron chi connectivity index (χ0n) is 12.6. The summed E-state index contributed by atoms with van der Waals surface area (Å²) in [7, 11) is 0. The molecule has 1 amide bonds. The number of pyridine rings is 1. The molecule has 0 aromatic carbocycles.